The number of para-hydroxylation sites is 1. The number of hydrogen-bond acceptors (Lipinski definition) is 4. The van der Waals surface area contributed by atoms with Gasteiger partial charge in [-0.1, -0.05) is 12.1 Å². The molecule has 0 atom stereocenters. The molecular weight excluding hydrogens is 271 g/mol. The maximum absolute atomic E-state index is 13.0. The molecule has 2 aromatic rings. The molecule has 2 rings (SSSR count). The average Bonchev–Trinajstić information content (AvgIpc) is 2.66. The van der Waals surface area contributed by atoms with Crippen LogP contribution in [-0.4, -0.2) is 16.3 Å². The Hall–Kier alpha value is -2.22. The molecule has 0 fully saturated rings. The number of anilines is 2. The van der Waals surface area contributed by atoms with Crippen LogP contribution >= 0.6 is 0 Å². The van der Waals surface area contributed by atoms with Crippen LogP contribution < -0.4 is 17.2 Å². The number of nitrogen functional groups attached to an aromatic ring is 2. The minimum absolute atomic E-state index is 0.0738. The summed E-state index contributed by atoms with van der Waals surface area (Å²) < 4.78 is 40.0. The van der Waals surface area contributed by atoms with Crippen molar-refractivity contribution in [1.82, 2.24) is 9.78 Å². The van der Waals surface area contributed by atoms with Gasteiger partial charge in [0.1, 0.15) is 5.82 Å². The zero-order valence-corrected chi connectivity index (χ0v) is 10.5. The quantitative estimate of drug-likeness (QED) is 0.797. The fourth-order valence-corrected chi connectivity index (χ4v) is 1.96. The predicted octanol–water partition coefficient (Wildman–Crippen LogP) is 1.56. The van der Waals surface area contributed by atoms with Gasteiger partial charge in [-0.25, -0.2) is 4.68 Å². The number of aromatic nitrogens is 2. The first-order valence-electron chi connectivity index (χ1n) is 5.85. The van der Waals surface area contributed by atoms with E-state index in [9.17, 15) is 13.2 Å². The van der Waals surface area contributed by atoms with Gasteiger partial charge in [0, 0.05) is 5.56 Å². The number of halogens is 3. The van der Waals surface area contributed by atoms with Crippen LogP contribution in [0.5, 0.6) is 0 Å². The van der Waals surface area contributed by atoms with Gasteiger partial charge in [0.25, 0.3) is 0 Å². The Balaban J connectivity index is 2.61. The van der Waals surface area contributed by atoms with Crippen LogP contribution in [0, 0.1) is 0 Å². The largest absolute Gasteiger partial charge is 0.418 e. The Bertz CT molecular complexity index is 618. The minimum Gasteiger partial charge on any atom is -0.383 e. The van der Waals surface area contributed by atoms with E-state index in [-0.39, 0.29) is 23.9 Å². The van der Waals surface area contributed by atoms with Crippen molar-refractivity contribution in [2.75, 3.05) is 18.0 Å². The van der Waals surface area contributed by atoms with Crippen molar-refractivity contribution >= 4 is 11.6 Å². The van der Waals surface area contributed by atoms with E-state index in [2.05, 4.69) is 5.10 Å². The molecule has 1 aromatic carbocycles. The second kappa shape index (κ2) is 5.04. The van der Waals surface area contributed by atoms with Gasteiger partial charge >= 0.3 is 6.18 Å². The molecular formula is C12H14F3N5. The summed E-state index contributed by atoms with van der Waals surface area (Å²) in [4.78, 5) is 0. The molecule has 0 aliphatic carbocycles. The maximum atomic E-state index is 13.0. The fraction of sp³-hybridized carbons (Fsp3) is 0.250. The first-order valence-corrected chi connectivity index (χ1v) is 5.85. The molecule has 0 aliphatic rings. The van der Waals surface area contributed by atoms with Crippen molar-refractivity contribution in [1.29, 1.82) is 0 Å². The third-order valence-electron chi connectivity index (χ3n) is 2.89. The first kappa shape index (κ1) is 14.2. The smallest absolute Gasteiger partial charge is 0.383 e. The number of benzene rings is 1. The van der Waals surface area contributed by atoms with Crippen LogP contribution in [0.1, 0.15) is 11.1 Å². The monoisotopic (exact) mass is 285 g/mol. The topological polar surface area (TPSA) is 95.9 Å². The molecule has 8 heteroatoms. The number of rotatable bonds is 3. The summed E-state index contributed by atoms with van der Waals surface area (Å²) in [6, 6.07) is 5.04. The van der Waals surface area contributed by atoms with Crippen molar-refractivity contribution in [3.63, 3.8) is 0 Å². The second-order valence-corrected chi connectivity index (χ2v) is 4.21. The minimum atomic E-state index is -4.50. The highest BCUT2D eigenvalue weighted by molar-refractivity contribution is 5.59. The van der Waals surface area contributed by atoms with Crippen LogP contribution in [0.15, 0.2) is 24.3 Å². The molecule has 108 valence electrons. The van der Waals surface area contributed by atoms with Gasteiger partial charge in [0.05, 0.1) is 11.3 Å². The zero-order chi connectivity index (χ0) is 14.9. The Morgan fingerprint density at radius 2 is 1.80 bits per heavy atom. The van der Waals surface area contributed by atoms with Crippen molar-refractivity contribution in [3.05, 3.63) is 35.4 Å². The van der Waals surface area contributed by atoms with E-state index in [4.69, 9.17) is 17.2 Å². The Morgan fingerprint density at radius 3 is 2.40 bits per heavy atom. The highest BCUT2D eigenvalue weighted by Crippen LogP contribution is 2.35. The summed E-state index contributed by atoms with van der Waals surface area (Å²) >= 11 is 0. The fourth-order valence-electron chi connectivity index (χ4n) is 1.96. The number of nitrogens with two attached hydrogens (primary N) is 3. The van der Waals surface area contributed by atoms with Gasteiger partial charge < -0.3 is 17.2 Å². The normalized spacial score (nSPS) is 11.8. The van der Waals surface area contributed by atoms with Gasteiger partial charge in [0.15, 0.2) is 5.82 Å². The molecule has 0 amide bonds. The average molecular weight is 285 g/mol. The van der Waals surface area contributed by atoms with Crippen LogP contribution in [0.3, 0.4) is 0 Å². The predicted molar refractivity (Wildman–Crippen MR) is 70.1 cm³/mol. The lowest BCUT2D eigenvalue weighted by atomic mass is 10.1. The first-order chi connectivity index (χ1) is 9.36. The maximum Gasteiger partial charge on any atom is 0.418 e. The van der Waals surface area contributed by atoms with Crippen LogP contribution in [0.4, 0.5) is 24.8 Å². The summed E-state index contributed by atoms with van der Waals surface area (Å²) in [5, 5.41) is 3.89. The van der Waals surface area contributed by atoms with E-state index in [1.807, 2.05) is 0 Å². The SMILES string of the molecule is NCCc1c(N)nn(-c2ccccc2C(F)(F)F)c1N. The van der Waals surface area contributed by atoms with Crippen molar-refractivity contribution in [2.24, 2.45) is 5.73 Å². The Labute approximate surface area is 113 Å². The van der Waals surface area contributed by atoms with Crippen molar-refractivity contribution < 1.29 is 13.2 Å². The molecule has 0 unspecified atom stereocenters. The molecule has 20 heavy (non-hydrogen) atoms. The third kappa shape index (κ3) is 2.42. The van der Waals surface area contributed by atoms with E-state index in [1.165, 1.54) is 18.2 Å². The number of nitrogens with zero attached hydrogens (tertiary/aromatic N) is 2. The van der Waals surface area contributed by atoms with E-state index < -0.39 is 11.7 Å². The summed E-state index contributed by atoms with van der Waals surface area (Å²) in [6.45, 7) is 0.279. The van der Waals surface area contributed by atoms with E-state index >= 15 is 0 Å². The molecule has 1 heterocycles. The van der Waals surface area contributed by atoms with Crippen molar-refractivity contribution in [2.45, 2.75) is 12.6 Å². The van der Waals surface area contributed by atoms with Crippen LogP contribution in [0.25, 0.3) is 5.69 Å². The highest BCUT2D eigenvalue weighted by atomic mass is 19.4. The molecule has 0 spiro atoms. The molecule has 0 radical (unpaired) electrons. The lowest BCUT2D eigenvalue weighted by Crippen LogP contribution is -2.13. The van der Waals surface area contributed by atoms with Gasteiger partial charge in [-0.2, -0.15) is 13.2 Å². The summed E-state index contributed by atoms with van der Waals surface area (Å²) in [6.07, 6.45) is -4.15. The highest BCUT2D eigenvalue weighted by Gasteiger charge is 2.34. The molecule has 0 bridgehead atoms. The number of alkyl halides is 3. The number of hydrogen-bond donors (Lipinski definition) is 3. The van der Waals surface area contributed by atoms with Gasteiger partial charge in [-0.05, 0) is 25.1 Å². The Kier molecular flexibility index (Phi) is 3.58. The van der Waals surface area contributed by atoms with E-state index in [0.717, 1.165) is 10.7 Å². The zero-order valence-electron chi connectivity index (χ0n) is 10.5. The summed E-state index contributed by atoms with van der Waals surface area (Å²) in [5.41, 5.74) is 16.4. The van der Waals surface area contributed by atoms with Gasteiger partial charge in [0.2, 0.25) is 0 Å². The van der Waals surface area contributed by atoms with Gasteiger partial charge in [-0.15, -0.1) is 5.10 Å². The van der Waals surface area contributed by atoms with Crippen LogP contribution in [0.2, 0.25) is 0 Å². The lowest BCUT2D eigenvalue weighted by Gasteiger charge is -2.13. The second-order valence-electron chi connectivity index (χ2n) is 4.21. The van der Waals surface area contributed by atoms with Crippen LogP contribution in [-0.2, 0) is 12.6 Å². The van der Waals surface area contributed by atoms with Gasteiger partial charge in [-0.3, -0.25) is 0 Å². The third-order valence-corrected chi connectivity index (χ3v) is 2.89. The van der Waals surface area contributed by atoms with E-state index in [0.29, 0.717) is 12.0 Å². The Morgan fingerprint density at radius 1 is 1.15 bits per heavy atom. The lowest BCUT2D eigenvalue weighted by molar-refractivity contribution is -0.137. The van der Waals surface area contributed by atoms with Crippen molar-refractivity contribution in [3.8, 4) is 5.69 Å². The molecule has 0 aliphatic heterocycles. The van der Waals surface area contributed by atoms with E-state index in [1.54, 1.807) is 0 Å². The standard InChI is InChI=1S/C12H14F3N5/c13-12(14,15)8-3-1-2-4-9(8)20-11(18)7(5-6-16)10(17)19-20/h1-4H,5-6,16,18H2,(H2,17,19). The molecule has 6 N–H and O–H groups in total. The summed E-state index contributed by atoms with van der Waals surface area (Å²) in [5.74, 6) is 0.162. The molecule has 0 saturated carbocycles. The molecule has 5 nitrogen and oxygen atoms in total. The summed E-state index contributed by atoms with van der Waals surface area (Å²) in [7, 11) is 0. The molecule has 0 saturated heterocycles. The molecule has 1 aromatic heterocycles.